The van der Waals surface area contributed by atoms with Gasteiger partial charge in [-0.05, 0) is 80.0 Å². The van der Waals surface area contributed by atoms with Crippen molar-refractivity contribution in [3.63, 3.8) is 0 Å². The van der Waals surface area contributed by atoms with Crippen LogP contribution in [0.5, 0.6) is 0 Å². The molecule has 4 aliphatic carbocycles. The first-order chi connectivity index (χ1) is 11.2. The Bertz CT molecular complexity index is 618. The summed E-state index contributed by atoms with van der Waals surface area (Å²) in [5.74, 6) is 5.20. The molecule has 0 aromatic carbocycles. The monoisotopic (exact) mass is 328 g/mol. The highest BCUT2D eigenvalue weighted by molar-refractivity contribution is 5.87. The van der Waals surface area contributed by atoms with Gasteiger partial charge >= 0.3 is 0 Å². The zero-order chi connectivity index (χ0) is 17.4. The van der Waals surface area contributed by atoms with Gasteiger partial charge in [-0.1, -0.05) is 26.7 Å². The highest BCUT2D eigenvalue weighted by Crippen LogP contribution is 2.70. The van der Waals surface area contributed by atoms with Gasteiger partial charge in [0.05, 0.1) is 0 Å². The highest BCUT2D eigenvalue weighted by atomic mass is 16.3. The van der Waals surface area contributed by atoms with Crippen LogP contribution in [0.3, 0.4) is 0 Å². The first kappa shape index (κ1) is 16.6. The van der Waals surface area contributed by atoms with Crippen molar-refractivity contribution in [3.8, 4) is 12.3 Å². The second kappa shape index (κ2) is 4.88. The van der Waals surface area contributed by atoms with Gasteiger partial charge in [0.25, 0.3) is 0 Å². The third kappa shape index (κ3) is 1.91. The van der Waals surface area contributed by atoms with Gasteiger partial charge in [-0.2, -0.15) is 0 Å². The van der Waals surface area contributed by atoms with Crippen LogP contribution in [0.15, 0.2) is 0 Å². The minimum absolute atomic E-state index is 0.0422. The Morgan fingerprint density at radius 3 is 2.50 bits per heavy atom. The lowest BCUT2D eigenvalue weighted by Gasteiger charge is -2.65. The maximum atomic E-state index is 12.5. The van der Waals surface area contributed by atoms with Gasteiger partial charge in [0.1, 0.15) is 11.4 Å². The van der Waals surface area contributed by atoms with E-state index >= 15 is 0 Å². The summed E-state index contributed by atoms with van der Waals surface area (Å²) in [6.45, 7) is 7.09. The van der Waals surface area contributed by atoms with Gasteiger partial charge in [-0.3, -0.25) is 4.79 Å². The standard InChI is InChI=1S/C22H32O2/c1-5-22(24)13-12-21(4)17-9-11-20(3)16(6-7-18(20)23)15(17)8-10-19(21,2)14-22/h1,15-17,24H,6-14H2,2-4H3/t15-,16-,17+,19+,20-,21+,22+/m1/s1. The molecule has 0 spiro atoms. The molecule has 4 aliphatic rings. The van der Waals surface area contributed by atoms with E-state index in [2.05, 4.69) is 26.7 Å². The minimum atomic E-state index is -0.909. The Morgan fingerprint density at radius 1 is 1.04 bits per heavy atom. The molecule has 0 aromatic rings. The molecule has 0 unspecified atom stereocenters. The lowest BCUT2D eigenvalue weighted by molar-refractivity contribution is -0.179. The molecule has 2 heteroatoms. The second-order valence-corrected chi connectivity index (χ2v) is 10.2. The van der Waals surface area contributed by atoms with Crippen molar-refractivity contribution < 1.29 is 9.90 Å². The number of Topliss-reactive ketones (excluding diaryl/α,β-unsaturated/α-hetero) is 1. The number of hydrogen-bond donors (Lipinski definition) is 1. The summed E-state index contributed by atoms with van der Waals surface area (Å²) in [7, 11) is 0. The maximum Gasteiger partial charge on any atom is 0.139 e. The number of aliphatic hydroxyl groups is 1. The summed E-state index contributed by atoms with van der Waals surface area (Å²) >= 11 is 0. The molecule has 2 nitrogen and oxygen atoms in total. The SMILES string of the molecule is C#C[C@]1(O)CC[C@@]2(C)[C@H]3CC[C@@]4(C)C(=O)CC[C@@H]4[C@H]3CC[C@@]2(C)C1. The molecule has 0 bridgehead atoms. The third-order valence-electron chi connectivity index (χ3n) is 9.38. The van der Waals surface area contributed by atoms with Crippen LogP contribution >= 0.6 is 0 Å². The normalized spacial score (nSPS) is 56.8. The molecule has 0 amide bonds. The number of carbonyl (C=O) groups excluding carboxylic acids is 1. The smallest absolute Gasteiger partial charge is 0.139 e. The lowest BCUT2D eigenvalue weighted by atomic mass is 9.39. The number of hydrogen-bond acceptors (Lipinski definition) is 2. The second-order valence-electron chi connectivity index (χ2n) is 10.2. The van der Waals surface area contributed by atoms with Crippen LogP contribution in [0.1, 0.15) is 78.6 Å². The summed E-state index contributed by atoms with van der Waals surface area (Å²) in [5.41, 5.74) is -0.567. The summed E-state index contributed by atoms with van der Waals surface area (Å²) in [5, 5.41) is 10.7. The molecule has 132 valence electrons. The molecule has 4 fully saturated rings. The lowest BCUT2D eigenvalue weighted by Crippen LogP contribution is -2.60. The summed E-state index contributed by atoms with van der Waals surface area (Å²) in [6, 6.07) is 0. The van der Waals surface area contributed by atoms with Crippen LogP contribution in [-0.4, -0.2) is 16.5 Å². The van der Waals surface area contributed by atoms with Crippen LogP contribution < -0.4 is 0 Å². The molecule has 4 rings (SSSR count). The summed E-state index contributed by atoms with van der Waals surface area (Å²) < 4.78 is 0. The van der Waals surface area contributed by atoms with Crippen molar-refractivity contribution in [2.75, 3.05) is 0 Å². The Morgan fingerprint density at radius 2 is 1.79 bits per heavy atom. The van der Waals surface area contributed by atoms with E-state index in [-0.39, 0.29) is 16.2 Å². The van der Waals surface area contributed by atoms with Gasteiger partial charge < -0.3 is 5.11 Å². The molecule has 0 radical (unpaired) electrons. The maximum absolute atomic E-state index is 12.5. The van der Waals surface area contributed by atoms with Crippen molar-refractivity contribution >= 4 is 5.78 Å². The topological polar surface area (TPSA) is 37.3 Å². The zero-order valence-electron chi connectivity index (χ0n) is 15.5. The molecule has 0 saturated heterocycles. The first-order valence-electron chi connectivity index (χ1n) is 9.91. The van der Waals surface area contributed by atoms with Crippen molar-refractivity contribution in [2.24, 2.45) is 34.0 Å². The predicted octanol–water partition coefficient (Wildman–Crippen LogP) is 4.35. The largest absolute Gasteiger partial charge is 0.378 e. The fraction of sp³-hybridized carbons (Fsp3) is 0.864. The van der Waals surface area contributed by atoms with Crippen LogP contribution in [0.2, 0.25) is 0 Å². The van der Waals surface area contributed by atoms with Crippen molar-refractivity contribution in [3.05, 3.63) is 0 Å². The molecule has 7 atom stereocenters. The molecule has 1 N–H and O–H groups in total. The van der Waals surface area contributed by atoms with Gasteiger partial charge in [0, 0.05) is 11.8 Å². The van der Waals surface area contributed by atoms with Crippen LogP contribution in [0.25, 0.3) is 0 Å². The Hall–Kier alpha value is -0.810. The van der Waals surface area contributed by atoms with Crippen molar-refractivity contribution in [1.29, 1.82) is 0 Å². The number of terminal acetylenes is 1. The predicted molar refractivity (Wildman–Crippen MR) is 95.1 cm³/mol. The quantitative estimate of drug-likeness (QED) is 0.671. The van der Waals surface area contributed by atoms with E-state index in [4.69, 9.17) is 6.42 Å². The van der Waals surface area contributed by atoms with E-state index in [0.29, 0.717) is 23.5 Å². The fourth-order valence-electron chi connectivity index (χ4n) is 7.57. The van der Waals surface area contributed by atoms with E-state index in [1.165, 1.54) is 12.8 Å². The molecule has 4 saturated carbocycles. The van der Waals surface area contributed by atoms with E-state index < -0.39 is 5.60 Å². The number of rotatable bonds is 0. The number of ketones is 1. The molecule has 0 aliphatic heterocycles. The van der Waals surface area contributed by atoms with E-state index in [9.17, 15) is 9.90 Å². The Balaban J connectivity index is 1.68. The van der Waals surface area contributed by atoms with Crippen LogP contribution in [-0.2, 0) is 4.79 Å². The minimum Gasteiger partial charge on any atom is -0.378 e. The van der Waals surface area contributed by atoms with Gasteiger partial charge in [0.15, 0.2) is 0 Å². The summed E-state index contributed by atoms with van der Waals surface area (Å²) in [4.78, 5) is 12.5. The van der Waals surface area contributed by atoms with Crippen LogP contribution in [0.4, 0.5) is 0 Å². The Kier molecular flexibility index (Phi) is 3.38. The first-order valence-corrected chi connectivity index (χ1v) is 9.91. The van der Waals surface area contributed by atoms with E-state index in [1.807, 2.05) is 0 Å². The van der Waals surface area contributed by atoms with Crippen molar-refractivity contribution in [2.45, 2.75) is 84.2 Å². The average Bonchev–Trinajstić information content (AvgIpc) is 2.84. The average molecular weight is 328 g/mol. The number of carbonyl (C=O) groups is 1. The van der Waals surface area contributed by atoms with Gasteiger partial charge in [0.2, 0.25) is 0 Å². The summed E-state index contributed by atoms with van der Waals surface area (Å²) in [6.07, 6.45) is 14.7. The van der Waals surface area contributed by atoms with Gasteiger partial charge in [-0.15, -0.1) is 6.42 Å². The van der Waals surface area contributed by atoms with E-state index in [1.54, 1.807) is 0 Å². The van der Waals surface area contributed by atoms with E-state index in [0.717, 1.165) is 44.9 Å². The zero-order valence-corrected chi connectivity index (χ0v) is 15.5. The fourth-order valence-corrected chi connectivity index (χ4v) is 7.57. The Labute approximate surface area is 146 Å². The third-order valence-corrected chi connectivity index (χ3v) is 9.38. The molecular weight excluding hydrogens is 296 g/mol. The molecular formula is C22H32O2. The number of fused-ring (bicyclic) bond motifs is 5. The molecule has 0 heterocycles. The molecule has 0 aromatic heterocycles. The van der Waals surface area contributed by atoms with Gasteiger partial charge in [-0.25, -0.2) is 0 Å². The van der Waals surface area contributed by atoms with Crippen molar-refractivity contribution in [1.82, 2.24) is 0 Å². The molecule has 24 heavy (non-hydrogen) atoms. The van der Waals surface area contributed by atoms with Crippen LogP contribution in [0, 0.1) is 46.3 Å². The highest BCUT2D eigenvalue weighted by Gasteiger charge is 2.64.